The Balaban J connectivity index is 1.67. The summed E-state index contributed by atoms with van der Waals surface area (Å²) in [5, 5.41) is 3.19. The summed E-state index contributed by atoms with van der Waals surface area (Å²) in [7, 11) is -0.758. The van der Waals surface area contributed by atoms with Crippen LogP contribution in [-0.2, 0) is 15.6 Å². The lowest BCUT2D eigenvalue weighted by Gasteiger charge is -2.09. The minimum Gasteiger partial charge on any atom is -0.399 e. The first-order chi connectivity index (χ1) is 9.65. The molecule has 0 bridgehead atoms. The SMILES string of the molecule is Nc1ccc(NC(=O)CCCS(=O)C2CCCC2)cc1. The summed E-state index contributed by atoms with van der Waals surface area (Å²) in [4.78, 5) is 11.8. The Hall–Kier alpha value is -1.36. The fourth-order valence-corrected chi connectivity index (χ4v) is 4.10. The highest BCUT2D eigenvalue weighted by Gasteiger charge is 2.20. The Bertz CT molecular complexity index is 467. The number of rotatable bonds is 6. The largest absolute Gasteiger partial charge is 0.399 e. The third-order valence-corrected chi connectivity index (χ3v) is 5.52. The van der Waals surface area contributed by atoms with Gasteiger partial charge in [-0.25, -0.2) is 0 Å². The highest BCUT2D eigenvalue weighted by atomic mass is 32.2. The molecule has 1 atom stereocenters. The third kappa shape index (κ3) is 4.63. The van der Waals surface area contributed by atoms with Crippen molar-refractivity contribution >= 4 is 28.1 Å². The summed E-state index contributed by atoms with van der Waals surface area (Å²) in [5.41, 5.74) is 7.01. The molecule has 3 N–H and O–H groups in total. The molecule has 110 valence electrons. The molecule has 1 aliphatic rings. The summed E-state index contributed by atoms with van der Waals surface area (Å²) < 4.78 is 12.0. The number of anilines is 2. The van der Waals surface area contributed by atoms with Crippen molar-refractivity contribution in [3.8, 4) is 0 Å². The van der Waals surface area contributed by atoms with Crippen molar-refractivity contribution in [3.63, 3.8) is 0 Å². The average molecular weight is 294 g/mol. The van der Waals surface area contributed by atoms with E-state index in [0.717, 1.165) is 18.5 Å². The van der Waals surface area contributed by atoms with Crippen molar-refractivity contribution in [2.24, 2.45) is 0 Å². The zero-order valence-corrected chi connectivity index (χ0v) is 12.5. The lowest BCUT2D eigenvalue weighted by molar-refractivity contribution is -0.116. The predicted molar refractivity (Wildman–Crippen MR) is 84.0 cm³/mol. The van der Waals surface area contributed by atoms with E-state index < -0.39 is 10.8 Å². The van der Waals surface area contributed by atoms with Gasteiger partial charge in [-0.05, 0) is 43.5 Å². The Labute approximate surface area is 122 Å². The Morgan fingerprint density at radius 2 is 1.90 bits per heavy atom. The van der Waals surface area contributed by atoms with Gasteiger partial charge >= 0.3 is 0 Å². The van der Waals surface area contributed by atoms with E-state index in [-0.39, 0.29) is 5.91 Å². The van der Waals surface area contributed by atoms with Crippen molar-refractivity contribution in [2.75, 3.05) is 16.8 Å². The molecular formula is C15H22N2O2S. The van der Waals surface area contributed by atoms with Crippen LogP contribution < -0.4 is 11.1 Å². The Kier molecular flexibility index (Phi) is 5.59. The second-order valence-corrected chi connectivity index (χ2v) is 7.10. The topological polar surface area (TPSA) is 72.2 Å². The Morgan fingerprint density at radius 1 is 1.25 bits per heavy atom. The van der Waals surface area contributed by atoms with E-state index in [1.807, 2.05) is 0 Å². The van der Waals surface area contributed by atoms with Crippen molar-refractivity contribution in [2.45, 2.75) is 43.8 Å². The van der Waals surface area contributed by atoms with Gasteiger partial charge in [0.2, 0.25) is 5.91 Å². The van der Waals surface area contributed by atoms with Crippen LogP contribution in [0.15, 0.2) is 24.3 Å². The summed E-state index contributed by atoms with van der Waals surface area (Å²) in [6.45, 7) is 0. The molecule has 1 aromatic carbocycles. The molecule has 4 nitrogen and oxygen atoms in total. The first kappa shape index (κ1) is 15.0. The number of carbonyl (C=O) groups excluding carboxylic acids is 1. The quantitative estimate of drug-likeness (QED) is 0.792. The number of nitrogens with one attached hydrogen (secondary N) is 1. The summed E-state index contributed by atoms with van der Waals surface area (Å²) in [6.07, 6.45) is 5.68. The van der Waals surface area contributed by atoms with Gasteiger partial charge in [-0.15, -0.1) is 0 Å². The zero-order chi connectivity index (χ0) is 14.4. The monoisotopic (exact) mass is 294 g/mol. The van der Waals surface area contributed by atoms with Gasteiger partial charge in [-0.1, -0.05) is 12.8 Å². The molecule has 0 saturated heterocycles. The van der Waals surface area contributed by atoms with Crippen LogP contribution in [0.5, 0.6) is 0 Å². The van der Waals surface area contributed by atoms with Crippen molar-refractivity contribution in [3.05, 3.63) is 24.3 Å². The maximum absolute atomic E-state index is 12.0. The van der Waals surface area contributed by atoms with Crippen molar-refractivity contribution in [1.29, 1.82) is 0 Å². The van der Waals surface area contributed by atoms with Crippen molar-refractivity contribution in [1.82, 2.24) is 0 Å². The Morgan fingerprint density at radius 3 is 2.55 bits per heavy atom. The van der Waals surface area contributed by atoms with Gasteiger partial charge in [-0.2, -0.15) is 0 Å². The van der Waals surface area contributed by atoms with E-state index >= 15 is 0 Å². The molecule has 2 rings (SSSR count). The standard InChI is InChI=1S/C15H22N2O2S/c16-12-7-9-13(10-8-12)17-15(18)6-3-11-20(19)14-4-1-2-5-14/h7-10,14H,1-6,11,16H2,(H,17,18). The van der Waals surface area contributed by atoms with Crippen molar-refractivity contribution < 1.29 is 9.00 Å². The second kappa shape index (κ2) is 7.43. The van der Waals surface area contributed by atoms with Gasteiger partial charge in [0.15, 0.2) is 0 Å². The summed E-state index contributed by atoms with van der Waals surface area (Å²) in [5.74, 6) is 0.609. The van der Waals surface area contributed by atoms with Crippen LogP contribution in [0.4, 0.5) is 11.4 Å². The molecule has 0 spiro atoms. The first-order valence-electron chi connectivity index (χ1n) is 7.18. The molecule has 5 heteroatoms. The molecule has 20 heavy (non-hydrogen) atoms. The molecule has 0 heterocycles. The predicted octanol–water partition coefficient (Wildman–Crippen LogP) is 2.68. The average Bonchev–Trinajstić information content (AvgIpc) is 2.95. The smallest absolute Gasteiger partial charge is 0.224 e. The van der Waals surface area contributed by atoms with Gasteiger partial charge in [0, 0.05) is 39.6 Å². The van der Waals surface area contributed by atoms with E-state index in [0.29, 0.717) is 29.5 Å². The lowest BCUT2D eigenvalue weighted by Crippen LogP contribution is -2.16. The summed E-state index contributed by atoms with van der Waals surface area (Å²) >= 11 is 0. The fraction of sp³-hybridized carbons (Fsp3) is 0.533. The number of hydrogen-bond donors (Lipinski definition) is 2. The van der Waals surface area contributed by atoms with Gasteiger partial charge in [-0.3, -0.25) is 9.00 Å². The molecule has 1 aromatic rings. The second-order valence-electron chi connectivity index (χ2n) is 5.27. The number of benzene rings is 1. The third-order valence-electron chi connectivity index (χ3n) is 3.62. The van der Waals surface area contributed by atoms with Crippen LogP contribution >= 0.6 is 0 Å². The molecule has 0 aromatic heterocycles. The van der Waals surface area contributed by atoms with Crippen LogP contribution in [0.3, 0.4) is 0 Å². The fourth-order valence-electron chi connectivity index (χ4n) is 2.48. The number of nitrogens with two attached hydrogens (primary N) is 1. The first-order valence-corrected chi connectivity index (χ1v) is 8.56. The number of amides is 1. The minimum atomic E-state index is -0.758. The molecule has 0 radical (unpaired) electrons. The van der Waals surface area contributed by atoms with Gasteiger partial charge < -0.3 is 11.1 Å². The molecule has 0 aliphatic heterocycles. The number of hydrogen-bond acceptors (Lipinski definition) is 3. The lowest BCUT2D eigenvalue weighted by atomic mass is 10.2. The van der Waals surface area contributed by atoms with Crippen LogP contribution in [0.2, 0.25) is 0 Å². The highest BCUT2D eigenvalue weighted by molar-refractivity contribution is 7.85. The molecule has 1 amide bonds. The van der Waals surface area contributed by atoms with Crippen LogP contribution in [-0.4, -0.2) is 21.1 Å². The zero-order valence-electron chi connectivity index (χ0n) is 11.6. The van der Waals surface area contributed by atoms with E-state index in [2.05, 4.69) is 5.32 Å². The van der Waals surface area contributed by atoms with E-state index in [1.165, 1.54) is 12.8 Å². The minimum absolute atomic E-state index is 0.0295. The highest BCUT2D eigenvalue weighted by Crippen LogP contribution is 2.23. The van der Waals surface area contributed by atoms with Gasteiger partial charge in [0.25, 0.3) is 0 Å². The number of carbonyl (C=O) groups is 1. The van der Waals surface area contributed by atoms with E-state index in [1.54, 1.807) is 24.3 Å². The van der Waals surface area contributed by atoms with E-state index in [4.69, 9.17) is 5.73 Å². The molecule has 1 saturated carbocycles. The normalized spacial score (nSPS) is 17.0. The van der Waals surface area contributed by atoms with Crippen LogP contribution in [0, 0.1) is 0 Å². The van der Waals surface area contributed by atoms with Gasteiger partial charge in [0.05, 0.1) is 0 Å². The maximum Gasteiger partial charge on any atom is 0.224 e. The van der Waals surface area contributed by atoms with Crippen LogP contribution in [0.1, 0.15) is 38.5 Å². The molecular weight excluding hydrogens is 272 g/mol. The summed E-state index contributed by atoms with van der Waals surface area (Å²) in [6, 6.07) is 7.07. The van der Waals surface area contributed by atoms with Gasteiger partial charge in [0.1, 0.15) is 0 Å². The number of nitrogen functional groups attached to an aromatic ring is 1. The molecule has 1 fully saturated rings. The maximum atomic E-state index is 12.0. The molecule has 1 unspecified atom stereocenters. The van der Waals surface area contributed by atoms with Crippen LogP contribution in [0.25, 0.3) is 0 Å². The van der Waals surface area contributed by atoms with E-state index in [9.17, 15) is 9.00 Å². The molecule has 1 aliphatic carbocycles.